The van der Waals surface area contributed by atoms with Crippen molar-refractivity contribution in [2.75, 3.05) is 11.4 Å². The second-order valence-corrected chi connectivity index (χ2v) is 19.3. The van der Waals surface area contributed by atoms with Crippen LogP contribution in [0.4, 0.5) is 5.69 Å². The number of fused-ring (bicyclic) bond motifs is 1. The number of nitrogens with zero attached hydrogens (tertiary/aromatic N) is 2. The fourth-order valence-corrected chi connectivity index (χ4v) is 6.11. The van der Waals surface area contributed by atoms with E-state index in [9.17, 15) is 14.4 Å². The molecular formula is C37H42Cl2N2O4Si. The fourth-order valence-electron chi connectivity index (χ4n) is 5.33. The van der Waals surface area contributed by atoms with Crippen molar-refractivity contribution >= 4 is 54.7 Å². The lowest BCUT2D eigenvalue weighted by Crippen LogP contribution is -2.44. The number of carbonyl (C=O) groups is 3. The first-order valence-electron chi connectivity index (χ1n) is 15.6. The van der Waals surface area contributed by atoms with Crippen molar-refractivity contribution < 1.29 is 19.1 Å². The number of unbranched alkanes of at least 4 members (excludes halogenated alkanes) is 1. The number of halogens is 2. The average molecular weight is 678 g/mol. The van der Waals surface area contributed by atoms with E-state index in [-0.39, 0.29) is 24.2 Å². The highest BCUT2D eigenvalue weighted by Gasteiger charge is 2.43. The van der Waals surface area contributed by atoms with Crippen LogP contribution in [-0.2, 0) is 14.3 Å². The lowest BCUT2D eigenvalue weighted by atomic mass is 9.98. The zero-order valence-corrected chi connectivity index (χ0v) is 30.1. The van der Waals surface area contributed by atoms with E-state index in [1.807, 2.05) is 52.0 Å². The predicted molar refractivity (Wildman–Crippen MR) is 189 cm³/mol. The molecule has 9 heteroatoms. The number of ether oxygens (including phenoxy) is 1. The predicted octanol–water partition coefficient (Wildman–Crippen LogP) is 9.03. The molecule has 4 rings (SSSR count). The van der Waals surface area contributed by atoms with Crippen LogP contribution in [0.5, 0.6) is 0 Å². The Labute approximate surface area is 284 Å². The number of rotatable bonds is 8. The number of esters is 1. The van der Waals surface area contributed by atoms with Crippen LogP contribution in [0.3, 0.4) is 0 Å². The Morgan fingerprint density at radius 2 is 1.54 bits per heavy atom. The van der Waals surface area contributed by atoms with Gasteiger partial charge in [-0.1, -0.05) is 73.0 Å². The molecule has 0 N–H and O–H groups in total. The smallest absolute Gasteiger partial charge is 0.306 e. The quantitative estimate of drug-likeness (QED) is 0.103. The van der Waals surface area contributed by atoms with Gasteiger partial charge in [0.15, 0.2) is 0 Å². The van der Waals surface area contributed by atoms with Crippen molar-refractivity contribution in [1.82, 2.24) is 4.90 Å². The Bertz CT molecular complexity index is 1650. The molecule has 1 aliphatic rings. The number of carbonyl (C=O) groups excluding carboxylic acids is 3. The van der Waals surface area contributed by atoms with Gasteiger partial charge >= 0.3 is 5.97 Å². The number of benzene rings is 3. The molecule has 0 saturated heterocycles. The molecule has 0 aromatic heterocycles. The van der Waals surface area contributed by atoms with E-state index in [1.54, 1.807) is 52.3 Å². The summed E-state index contributed by atoms with van der Waals surface area (Å²) >= 11 is 12.5. The van der Waals surface area contributed by atoms with E-state index in [1.165, 1.54) is 0 Å². The van der Waals surface area contributed by atoms with E-state index in [4.69, 9.17) is 27.9 Å². The summed E-state index contributed by atoms with van der Waals surface area (Å²) < 4.78 is 5.48. The topological polar surface area (TPSA) is 66.9 Å². The second-order valence-electron chi connectivity index (χ2n) is 13.7. The first-order chi connectivity index (χ1) is 21.5. The molecule has 0 bridgehead atoms. The van der Waals surface area contributed by atoms with Crippen LogP contribution in [-0.4, -0.2) is 42.9 Å². The van der Waals surface area contributed by atoms with Crippen LogP contribution >= 0.6 is 23.2 Å². The summed E-state index contributed by atoms with van der Waals surface area (Å²) in [7, 11) is -1.69. The standard InChI is InChI=1S/C37H42Cl2N2O4Si/c1-25(27-12-16-29(38)17-13-27)41-34(28-14-18-30(39)19-15-28)36(44)40(22-9-8-10-33(42)45-37(2,3)4)32-20-11-26(21-23-46(5,6)7)24-31(32)35(41)43/h11-20,24-25,34H,8-10,22H2,1-7H3/t25-,34-/m1/s1. The third kappa shape index (κ3) is 9.03. The van der Waals surface area contributed by atoms with Gasteiger partial charge in [-0.15, -0.1) is 5.54 Å². The van der Waals surface area contributed by atoms with Crippen LogP contribution in [0.25, 0.3) is 0 Å². The normalized spacial score (nSPS) is 15.9. The molecule has 6 nitrogen and oxygen atoms in total. The maximum absolute atomic E-state index is 14.8. The molecular weight excluding hydrogens is 635 g/mol. The van der Waals surface area contributed by atoms with Crippen molar-refractivity contribution in [3.8, 4) is 11.5 Å². The van der Waals surface area contributed by atoms with Gasteiger partial charge in [0.1, 0.15) is 19.7 Å². The van der Waals surface area contributed by atoms with Gasteiger partial charge in [-0.2, -0.15) is 0 Å². The summed E-state index contributed by atoms with van der Waals surface area (Å²) in [5, 5.41) is 1.11. The van der Waals surface area contributed by atoms with Gasteiger partial charge in [0.05, 0.1) is 17.3 Å². The molecule has 0 spiro atoms. The first-order valence-corrected chi connectivity index (χ1v) is 19.8. The highest BCUT2D eigenvalue weighted by atomic mass is 35.5. The van der Waals surface area contributed by atoms with Gasteiger partial charge in [-0.3, -0.25) is 14.4 Å². The molecule has 2 atom stereocenters. The monoisotopic (exact) mass is 676 g/mol. The Hall–Kier alpha value is -3.57. The zero-order chi connectivity index (χ0) is 33.8. The lowest BCUT2D eigenvalue weighted by Gasteiger charge is -2.36. The molecule has 1 heterocycles. The van der Waals surface area contributed by atoms with Gasteiger partial charge in [-0.05, 0) is 94.1 Å². The largest absolute Gasteiger partial charge is 0.460 e. The van der Waals surface area contributed by atoms with Crippen molar-refractivity contribution in [2.24, 2.45) is 0 Å². The number of amides is 2. The summed E-state index contributed by atoms with van der Waals surface area (Å²) in [6.07, 6.45) is 1.30. The number of hydrogen-bond donors (Lipinski definition) is 0. The Morgan fingerprint density at radius 3 is 2.13 bits per heavy atom. The molecule has 1 aliphatic heterocycles. The number of hydrogen-bond acceptors (Lipinski definition) is 4. The Balaban J connectivity index is 1.82. The minimum absolute atomic E-state index is 0.233. The van der Waals surface area contributed by atoms with Gasteiger partial charge in [0, 0.05) is 28.6 Å². The molecule has 0 fully saturated rings. The van der Waals surface area contributed by atoms with Gasteiger partial charge in [-0.25, -0.2) is 0 Å². The van der Waals surface area contributed by atoms with Gasteiger partial charge in [0.25, 0.3) is 11.8 Å². The fraction of sp³-hybridized carbons (Fsp3) is 0.378. The third-order valence-electron chi connectivity index (χ3n) is 7.50. The molecule has 0 radical (unpaired) electrons. The molecule has 3 aromatic carbocycles. The zero-order valence-electron chi connectivity index (χ0n) is 27.6. The maximum Gasteiger partial charge on any atom is 0.306 e. The van der Waals surface area contributed by atoms with E-state index in [0.29, 0.717) is 46.2 Å². The van der Waals surface area contributed by atoms with Crippen molar-refractivity contribution in [3.05, 3.63) is 99.0 Å². The summed E-state index contributed by atoms with van der Waals surface area (Å²) in [4.78, 5) is 45.3. The molecule has 3 aromatic rings. The molecule has 0 aliphatic carbocycles. The van der Waals surface area contributed by atoms with E-state index in [2.05, 4.69) is 31.1 Å². The van der Waals surface area contributed by atoms with Crippen LogP contribution < -0.4 is 4.90 Å². The lowest BCUT2D eigenvalue weighted by molar-refractivity contribution is -0.154. The first kappa shape index (κ1) is 35.3. The summed E-state index contributed by atoms with van der Waals surface area (Å²) in [5.41, 5.74) is 5.95. The van der Waals surface area contributed by atoms with Crippen molar-refractivity contribution in [3.63, 3.8) is 0 Å². The van der Waals surface area contributed by atoms with Crippen molar-refractivity contribution in [2.45, 2.75) is 84.3 Å². The van der Waals surface area contributed by atoms with Crippen molar-refractivity contribution in [1.29, 1.82) is 0 Å². The molecule has 0 unspecified atom stereocenters. The van der Waals surface area contributed by atoms with Gasteiger partial charge < -0.3 is 14.5 Å². The molecule has 2 amide bonds. The Morgan fingerprint density at radius 1 is 0.935 bits per heavy atom. The second kappa shape index (κ2) is 14.5. The molecule has 242 valence electrons. The Kier molecular flexibility index (Phi) is 11.1. The average Bonchev–Trinajstić information content (AvgIpc) is 3.06. The molecule has 46 heavy (non-hydrogen) atoms. The maximum atomic E-state index is 14.8. The SMILES string of the molecule is C[C@H](c1ccc(Cl)cc1)N1C(=O)c2cc(C#C[Si](C)(C)C)ccc2N(CCCCC(=O)OC(C)(C)C)C(=O)[C@H]1c1ccc(Cl)cc1. The van der Waals surface area contributed by atoms with E-state index in [0.717, 1.165) is 11.1 Å². The molecule has 0 saturated carbocycles. The highest BCUT2D eigenvalue weighted by molar-refractivity contribution is 6.83. The number of anilines is 1. The summed E-state index contributed by atoms with van der Waals surface area (Å²) in [5.74, 6) is 2.47. The van der Waals surface area contributed by atoms with Gasteiger partial charge in [0.2, 0.25) is 0 Å². The highest BCUT2D eigenvalue weighted by Crippen LogP contribution is 2.40. The minimum atomic E-state index is -1.69. The summed E-state index contributed by atoms with van der Waals surface area (Å²) in [6.45, 7) is 14.2. The van der Waals surface area contributed by atoms with Crippen LogP contribution in [0.2, 0.25) is 29.7 Å². The third-order valence-corrected chi connectivity index (χ3v) is 8.88. The minimum Gasteiger partial charge on any atom is -0.460 e. The van der Waals surface area contributed by atoms with Crippen LogP contribution in [0.1, 0.15) is 86.1 Å². The summed E-state index contributed by atoms with van der Waals surface area (Å²) in [6, 6.07) is 18.4. The van der Waals surface area contributed by atoms with E-state index < -0.39 is 25.8 Å². The van der Waals surface area contributed by atoms with Crippen LogP contribution in [0.15, 0.2) is 66.7 Å². The van der Waals surface area contributed by atoms with E-state index >= 15 is 0 Å². The van der Waals surface area contributed by atoms with Crippen LogP contribution in [0, 0.1) is 11.5 Å².